The van der Waals surface area contributed by atoms with E-state index in [1.165, 1.54) is 0 Å². The van der Waals surface area contributed by atoms with E-state index >= 15 is 0 Å². The molecule has 124 valence electrons. The summed E-state index contributed by atoms with van der Waals surface area (Å²) in [4.78, 5) is 12.3. The van der Waals surface area contributed by atoms with Crippen LogP contribution in [0.15, 0.2) is 48.5 Å². The number of carbonyl (C=O) groups is 1. The van der Waals surface area contributed by atoms with Gasteiger partial charge in [-0.25, -0.2) is 0 Å². The number of hydrogen-bond donors (Lipinski definition) is 2. The molecule has 23 heavy (non-hydrogen) atoms. The molecule has 4 nitrogen and oxygen atoms in total. The molecule has 0 aliphatic heterocycles. The summed E-state index contributed by atoms with van der Waals surface area (Å²) in [6, 6.07) is 14.7. The molecule has 0 atom stereocenters. The van der Waals surface area contributed by atoms with Crippen LogP contribution in [0.4, 0.5) is 5.69 Å². The number of halogens is 1. The van der Waals surface area contributed by atoms with Gasteiger partial charge < -0.3 is 15.8 Å². The van der Waals surface area contributed by atoms with Crippen LogP contribution in [0.25, 0.3) is 0 Å². The van der Waals surface area contributed by atoms with Crippen molar-refractivity contribution in [1.29, 1.82) is 0 Å². The minimum absolute atomic E-state index is 0. The van der Waals surface area contributed by atoms with Crippen LogP contribution in [0.3, 0.4) is 0 Å². The summed E-state index contributed by atoms with van der Waals surface area (Å²) in [5.41, 5.74) is 7.84. The quantitative estimate of drug-likeness (QED) is 0.752. The molecule has 2 aromatic carbocycles. The third-order valence-electron chi connectivity index (χ3n) is 3.34. The summed E-state index contributed by atoms with van der Waals surface area (Å²) >= 11 is 0. The average molecular weight is 335 g/mol. The van der Waals surface area contributed by atoms with Gasteiger partial charge in [0.2, 0.25) is 0 Å². The number of amides is 1. The van der Waals surface area contributed by atoms with E-state index in [0.29, 0.717) is 30.2 Å². The van der Waals surface area contributed by atoms with Gasteiger partial charge in [-0.2, -0.15) is 0 Å². The number of hydrogen-bond acceptors (Lipinski definition) is 3. The topological polar surface area (TPSA) is 64.3 Å². The maximum atomic E-state index is 12.3. The fourth-order valence-electron chi connectivity index (χ4n) is 2.01. The van der Waals surface area contributed by atoms with Gasteiger partial charge in [-0.3, -0.25) is 4.79 Å². The Hall–Kier alpha value is -2.04. The molecule has 5 heteroatoms. The molecule has 0 radical (unpaired) electrons. The third-order valence-corrected chi connectivity index (χ3v) is 3.34. The van der Waals surface area contributed by atoms with Gasteiger partial charge in [0.25, 0.3) is 5.91 Å². The molecular weight excluding hydrogens is 312 g/mol. The molecule has 0 heterocycles. The van der Waals surface area contributed by atoms with Gasteiger partial charge in [-0.15, -0.1) is 12.4 Å². The molecule has 0 aliphatic rings. The largest absolute Gasteiger partial charge is 0.491 e. The van der Waals surface area contributed by atoms with Crippen LogP contribution in [0.2, 0.25) is 0 Å². The Morgan fingerprint density at radius 1 is 1.13 bits per heavy atom. The monoisotopic (exact) mass is 334 g/mol. The number of rotatable bonds is 7. The van der Waals surface area contributed by atoms with E-state index in [1.807, 2.05) is 36.4 Å². The first-order valence-corrected chi connectivity index (χ1v) is 7.56. The first kappa shape index (κ1) is 19.0. The molecule has 0 saturated heterocycles. The number of unbranched alkanes of at least 4 members (excludes halogenated alkanes) is 1. The van der Waals surface area contributed by atoms with E-state index in [9.17, 15) is 4.79 Å². The Bertz CT molecular complexity index is 615. The lowest BCUT2D eigenvalue weighted by Crippen LogP contribution is -2.13. The third kappa shape index (κ3) is 5.58. The maximum absolute atomic E-state index is 12.3. The van der Waals surface area contributed by atoms with Crippen molar-refractivity contribution in [3.8, 4) is 5.75 Å². The van der Waals surface area contributed by atoms with E-state index in [2.05, 4.69) is 12.2 Å². The van der Waals surface area contributed by atoms with Gasteiger partial charge in [-0.05, 0) is 36.2 Å². The molecule has 2 rings (SSSR count). The lowest BCUT2D eigenvalue weighted by molar-refractivity contribution is 0.102. The second-order valence-corrected chi connectivity index (χ2v) is 5.05. The first-order valence-electron chi connectivity index (χ1n) is 7.56. The summed E-state index contributed by atoms with van der Waals surface area (Å²) in [7, 11) is 0. The second-order valence-electron chi connectivity index (χ2n) is 5.05. The van der Waals surface area contributed by atoms with E-state index in [0.717, 1.165) is 18.4 Å². The zero-order chi connectivity index (χ0) is 15.8. The van der Waals surface area contributed by atoms with Crippen LogP contribution in [-0.4, -0.2) is 12.5 Å². The first-order chi connectivity index (χ1) is 10.7. The molecule has 0 aromatic heterocycles. The highest BCUT2D eigenvalue weighted by atomic mass is 35.5. The van der Waals surface area contributed by atoms with Gasteiger partial charge in [0.1, 0.15) is 5.75 Å². The van der Waals surface area contributed by atoms with Crippen molar-refractivity contribution in [2.75, 3.05) is 11.9 Å². The summed E-state index contributed by atoms with van der Waals surface area (Å²) in [5, 5.41) is 2.90. The van der Waals surface area contributed by atoms with Crippen molar-refractivity contribution < 1.29 is 9.53 Å². The van der Waals surface area contributed by atoms with Gasteiger partial charge in [0.15, 0.2) is 0 Å². The maximum Gasteiger partial charge on any atom is 0.255 e. The molecule has 0 aliphatic carbocycles. The van der Waals surface area contributed by atoms with Crippen LogP contribution in [-0.2, 0) is 6.54 Å². The average Bonchev–Trinajstić information content (AvgIpc) is 2.56. The van der Waals surface area contributed by atoms with Crippen molar-refractivity contribution in [3.63, 3.8) is 0 Å². The van der Waals surface area contributed by atoms with Crippen LogP contribution >= 0.6 is 12.4 Å². The summed E-state index contributed by atoms with van der Waals surface area (Å²) in [6.07, 6.45) is 2.06. The van der Waals surface area contributed by atoms with Crippen molar-refractivity contribution in [3.05, 3.63) is 59.7 Å². The lowest BCUT2D eigenvalue weighted by Gasteiger charge is -2.12. The fraction of sp³-hybridized carbons (Fsp3) is 0.278. The number of nitrogens with one attached hydrogen (secondary N) is 1. The minimum Gasteiger partial charge on any atom is -0.491 e. The highest BCUT2D eigenvalue weighted by molar-refractivity contribution is 6.05. The summed E-state index contributed by atoms with van der Waals surface area (Å²) in [5.74, 6) is 0.540. The van der Waals surface area contributed by atoms with Gasteiger partial charge >= 0.3 is 0 Å². The lowest BCUT2D eigenvalue weighted by atomic mass is 10.1. The van der Waals surface area contributed by atoms with Crippen molar-refractivity contribution >= 4 is 24.0 Å². The highest BCUT2D eigenvalue weighted by Crippen LogP contribution is 2.24. The Kier molecular flexibility index (Phi) is 8.16. The highest BCUT2D eigenvalue weighted by Gasteiger charge is 2.09. The molecule has 3 N–H and O–H groups in total. The van der Waals surface area contributed by atoms with Gasteiger partial charge in [0.05, 0.1) is 12.3 Å². The van der Waals surface area contributed by atoms with Crippen LogP contribution < -0.4 is 15.8 Å². The summed E-state index contributed by atoms with van der Waals surface area (Å²) in [6.45, 7) is 3.23. The number of para-hydroxylation sites is 2. The van der Waals surface area contributed by atoms with Crippen LogP contribution in [0, 0.1) is 0 Å². The number of anilines is 1. The van der Waals surface area contributed by atoms with Crippen LogP contribution in [0.5, 0.6) is 5.75 Å². The molecule has 0 spiro atoms. The molecular formula is C18H23ClN2O2. The normalized spacial score (nSPS) is 9.83. The van der Waals surface area contributed by atoms with Gasteiger partial charge in [0, 0.05) is 12.1 Å². The van der Waals surface area contributed by atoms with E-state index in [-0.39, 0.29) is 18.3 Å². The van der Waals surface area contributed by atoms with Crippen molar-refractivity contribution in [2.24, 2.45) is 5.73 Å². The molecule has 0 unspecified atom stereocenters. The van der Waals surface area contributed by atoms with E-state index in [1.54, 1.807) is 12.1 Å². The Labute approximate surface area is 143 Å². The summed E-state index contributed by atoms with van der Waals surface area (Å²) < 4.78 is 5.72. The van der Waals surface area contributed by atoms with Crippen molar-refractivity contribution in [1.82, 2.24) is 0 Å². The predicted molar refractivity (Wildman–Crippen MR) is 96.4 cm³/mol. The standard InChI is InChI=1S/C18H22N2O2.ClH/c1-2-3-12-22-17-7-5-4-6-16(17)20-18(21)15-10-8-14(13-19)9-11-15;/h4-11H,2-3,12-13,19H2,1H3,(H,20,21);1H. The fourth-order valence-corrected chi connectivity index (χ4v) is 2.01. The predicted octanol–water partition coefficient (Wildman–Crippen LogP) is 4.00. The zero-order valence-corrected chi connectivity index (χ0v) is 14.1. The smallest absolute Gasteiger partial charge is 0.255 e. The molecule has 1 amide bonds. The Morgan fingerprint density at radius 3 is 2.48 bits per heavy atom. The molecule has 0 bridgehead atoms. The molecule has 0 fully saturated rings. The number of nitrogens with two attached hydrogens (primary N) is 1. The van der Waals surface area contributed by atoms with E-state index in [4.69, 9.17) is 10.5 Å². The Morgan fingerprint density at radius 2 is 1.83 bits per heavy atom. The Balaban J connectivity index is 0.00000264. The van der Waals surface area contributed by atoms with E-state index < -0.39 is 0 Å². The molecule has 0 saturated carbocycles. The van der Waals surface area contributed by atoms with Gasteiger partial charge in [-0.1, -0.05) is 37.6 Å². The minimum atomic E-state index is -0.157. The van der Waals surface area contributed by atoms with Crippen LogP contribution in [0.1, 0.15) is 35.7 Å². The molecule has 2 aromatic rings. The SMILES string of the molecule is CCCCOc1ccccc1NC(=O)c1ccc(CN)cc1.Cl. The van der Waals surface area contributed by atoms with Crippen molar-refractivity contribution in [2.45, 2.75) is 26.3 Å². The second kappa shape index (κ2) is 9.87. The zero-order valence-electron chi connectivity index (χ0n) is 13.2. The number of benzene rings is 2. The number of ether oxygens (including phenoxy) is 1. The number of carbonyl (C=O) groups excluding carboxylic acids is 1.